The number of carboxylic acids is 1. The van der Waals surface area contributed by atoms with Crippen LogP contribution in [0.1, 0.15) is 55.3 Å². The highest BCUT2D eigenvalue weighted by Crippen LogP contribution is 2.58. The molecule has 0 aliphatic heterocycles. The Balaban J connectivity index is 1.53. The monoisotopic (exact) mass is 313 g/mol. The van der Waals surface area contributed by atoms with Crippen molar-refractivity contribution in [3.05, 3.63) is 29.8 Å². The van der Waals surface area contributed by atoms with Gasteiger partial charge in [0.15, 0.2) is 0 Å². The first-order chi connectivity index (χ1) is 11.0. The van der Waals surface area contributed by atoms with Gasteiger partial charge in [-0.1, -0.05) is 12.8 Å². The highest BCUT2D eigenvalue weighted by molar-refractivity contribution is 5.96. The van der Waals surface area contributed by atoms with Crippen LogP contribution in [0.4, 0.5) is 5.69 Å². The van der Waals surface area contributed by atoms with Crippen LogP contribution in [0.25, 0.3) is 0 Å². The Morgan fingerprint density at radius 2 is 1.52 bits per heavy atom. The fourth-order valence-corrected chi connectivity index (χ4v) is 5.43. The van der Waals surface area contributed by atoms with E-state index in [1.54, 1.807) is 24.3 Å². The molecule has 0 spiro atoms. The highest BCUT2D eigenvalue weighted by Gasteiger charge is 2.52. The third-order valence-electron chi connectivity index (χ3n) is 6.23. The number of fused-ring (bicyclic) bond motifs is 1. The van der Waals surface area contributed by atoms with Crippen LogP contribution in [0.2, 0.25) is 0 Å². The van der Waals surface area contributed by atoms with Crippen LogP contribution >= 0.6 is 0 Å². The second kappa shape index (κ2) is 5.36. The normalized spacial score (nSPS) is 34.9. The number of benzene rings is 1. The molecule has 5 rings (SSSR count). The Morgan fingerprint density at radius 1 is 0.957 bits per heavy atom. The zero-order valence-corrected chi connectivity index (χ0v) is 13.3. The van der Waals surface area contributed by atoms with E-state index in [0.717, 1.165) is 37.0 Å². The van der Waals surface area contributed by atoms with Gasteiger partial charge in [0.2, 0.25) is 5.91 Å². The molecular formula is C19H23NO3. The van der Waals surface area contributed by atoms with Crippen LogP contribution < -0.4 is 5.32 Å². The predicted molar refractivity (Wildman–Crippen MR) is 87.3 cm³/mol. The molecule has 1 aromatic carbocycles. The van der Waals surface area contributed by atoms with Gasteiger partial charge in [0.25, 0.3) is 0 Å². The van der Waals surface area contributed by atoms with Crippen LogP contribution in [-0.2, 0) is 4.79 Å². The van der Waals surface area contributed by atoms with Gasteiger partial charge < -0.3 is 10.4 Å². The van der Waals surface area contributed by atoms with E-state index < -0.39 is 5.97 Å². The first-order valence-corrected chi connectivity index (χ1v) is 8.69. The first-order valence-electron chi connectivity index (χ1n) is 8.69. The number of carbonyl (C=O) groups is 2. The molecule has 122 valence electrons. The molecule has 4 heteroatoms. The Labute approximate surface area is 136 Å². The van der Waals surface area contributed by atoms with Crippen molar-refractivity contribution >= 4 is 17.6 Å². The molecule has 0 aromatic heterocycles. The van der Waals surface area contributed by atoms with Gasteiger partial charge in [0, 0.05) is 5.69 Å². The van der Waals surface area contributed by atoms with Crippen LogP contribution in [0.5, 0.6) is 0 Å². The van der Waals surface area contributed by atoms with Gasteiger partial charge in [-0.05, 0) is 74.1 Å². The Hall–Kier alpha value is -1.84. The topological polar surface area (TPSA) is 66.4 Å². The average molecular weight is 313 g/mol. The maximum Gasteiger partial charge on any atom is 0.335 e. The minimum atomic E-state index is -0.944. The molecule has 4 atom stereocenters. The number of carboxylic acid groups (broad SMARTS) is 1. The molecule has 4 nitrogen and oxygen atoms in total. The second-order valence-corrected chi connectivity index (χ2v) is 7.88. The molecule has 4 aliphatic carbocycles. The van der Waals surface area contributed by atoms with E-state index in [1.165, 1.54) is 25.7 Å². The van der Waals surface area contributed by atoms with Gasteiger partial charge in [0.05, 0.1) is 11.0 Å². The second-order valence-electron chi connectivity index (χ2n) is 7.88. The Bertz CT molecular complexity index is 621. The smallest absolute Gasteiger partial charge is 0.335 e. The van der Waals surface area contributed by atoms with Gasteiger partial charge in [-0.3, -0.25) is 4.79 Å². The summed E-state index contributed by atoms with van der Waals surface area (Å²) in [6.07, 6.45) is 8.35. The summed E-state index contributed by atoms with van der Waals surface area (Å²) < 4.78 is 0. The lowest BCUT2D eigenvalue weighted by molar-refractivity contribution is -0.132. The number of aromatic carboxylic acids is 1. The van der Waals surface area contributed by atoms with Gasteiger partial charge in [0.1, 0.15) is 0 Å². The number of nitrogens with one attached hydrogen (secondary N) is 1. The maximum absolute atomic E-state index is 13.0. The summed E-state index contributed by atoms with van der Waals surface area (Å²) >= 11 is 0. The van der Waals surface area contributed by atoms with Crippen LogP contribution in [0.15, 0.2) is 24.3 Å². The average Bonchev–Trinajstić information content (AvgIpc) is 2.74. The van der Waals surface area contributed by atoms with E-state index in [-0.39, 0.29) is 16.9 Å². The van der Waals surface area contributed by atoms with Gasteiger partial charge in [-0.15, -0.1) is 0 Å². The lowest BCUT2D eigenvalue weighted by atomic mass is 9.58. The van der Waals surface area contributed by atoms with E-state index in [2.05, 4.69) is 5.32 Å². The molecule has 4 aliphatic rings. The fraction of sp³-hybridized carbons (Fsp3) is 0.579. The summed E-state index contributed by atoms with van der Waals surface area (Å²) in [5.74, 6) is 1.39. The Kier molecular flexibility index (Phi) is 3.43. The van der Waals surface area contributed by atoms with Crippen LogP contribution in [0.3, 0.4) is 0 Å². The summed E-state index contributed by atoms with van der Waals surface area (Å²) in [6.45, 7) is 0. The van der Waals surface area contributed by atoms with E-state index in [9.17, 15) is 9.59 Å². The molecule has 4 saturated carbocycles. The zero-order valence-electron chi connectivity index (χ0n) is 13.3. The fourth-order valence-electron chi connectivity index (χ4n) is 5.43. The molecule has 4 fully saturated rings. The summed E-state index contributed by atoms with van der Waals surface area (Å²) in [6, 6.07) is 6.47. The van der Waals surface area contributed by atoms with Crippen molar-refractivity contribution in [2.45, 2.75) is 44.9 Å². The van der Waals surface area contributed by atoms with Gasteiger partial charge in [-0.2, -0.15) is 0 Å². The molecule has 1 amide bonds. The molecular weight excluding hydrogens is 290 g/mol. The van der Waals surface area contributed by atoms with Crippen molar-refractivity contribution in [1.29, 1.82) is 0 Å². The molecule has 23 heavy (non-hydrogen) atoms. The molecule has 0 radical (unpaired) electrons. The maximum atomic E-state index is 13.0. The number of amides is 1. The van der Waals surface area contributed by atoms with E-state index in [1.807, 2.05) is 0 Å². The third-order valence-corrected chi connectivity index (χ3v) is 6.23. The minimum Gasteiger partial charge on any atom is -0.478 e. The largest absolute Gasteiger partial charge is 0.478 e. The van der Waals surface area contributed by atoms with Crippen molar-refractivity contribution in [3.8, 4) is 0 Å². The summed E-state index contributed by atoms with van der Waals surface area (Å²) in [5.41, 5.74) is 0.766. The van der Waals surface area contributed by atoms with Crippen LogP contribution in [-0.4, -0.2) is 17.0 Å². The molecule has 1 aromatic rings. The zero-order chi connectivity index (χ0) is 16.0. The number of carbonyl (C=O) groups excluding carboxylic acids is 1. The van der Waals surface area contributed by atoms with Crippen molar-refractivity contribution < 1.29 is 14.7 Å². The molecule has 4 bridgehead atoms. The van der Waals surface area contributed by atoms with Gasteiger partial charge >= 0.3 is 5.97 Å². The molecule has 2 unspecified atom stereocenters. The molecule has 0 saturated heterocycles. The van der Waals surface area contributed by atoms with Crippen molar-refractivity contribution in [3.63, 3.8) is 0 Å². The number of anilines is 1. The van der Waals surface area contributed by atoms with Crippen molar-refractivity contribution in [1.82, 2.24) is 0 Å². The summed E-state index contributed by atoms with van der Waals surface area (Å²) in [4.78, 5) is 23.9. The summed E-state index contributed by atoms with van der Waals surface area (Å²) in [7, 11) is 0. The number of rotatable bonds is 3. The Morgan fingerprint density at radius 3 is 2.09 bits per heavy atom. The SMILES string of the molecule is O=C(O)c1ccc(NC(=O)C23CC4C[C@@H](CC[C@@H](C4)C2)C3)cc1. The lowest BCUT2D eigenvalue weighted by Crippen LogP contribution is -2.46. The minimum absolute atomic E-state index is 0.155. The standard InChI is InChI=1S/C19H23NO3/c21-17(22)15-3-5-16(6-4-15)20-18(23)19-9-12-1-2-13(10-19)8-14(7-12)11-19/h3-6,12-14H,1-2,7-11H2,(H,20,23)(H,21,22)/t12-,13+,14?,19?. The first kappa shape index (κ1) is 14.7. The quantitative estimate of drug-likeness (QED) is 0.888. The number of hydrogen-bond acceptors (Lipinski definition) is 2. The van der Waals surface area contributed by atoms with E-state index in [0.29, 0.717) is 5.69 Å². The summed E-state index contributed by atoms with van der Waals surface area (Å²) in [5, 5.41) is 12.0. The van der Waals surface area contributed by atoms with E-state index in [4.69, 9.17) is 5.11 Å². The molecule has 0 heterocycles. The van der Waals surface area contributed by atoms with Gasteiger partial charge in [-0.25, -0.2) is 4.79 Å². The lowest BCUT2D eigenvalue weighted by Gasteiger charge is -2.47. The van der Waals surface area contributed by atoms with E-state index >= 15 is 0 Å². The predicted octanol–water partition coefficient (Wildman–Crippen LogP) is 3.93. The number of hydrogen-bond donors (Lipinski definition) is 2. The van der Waals surface area contributed by atoms with Crippen molar-refractivity contribution in [2.24, 2.45) is 23.2 Å². The third kappa shape index (κ3) is 2.64. The highest BCUT2D eigenvalue weighted by atomic mass is 16.4. The van der Waals surface area contributed by atoms with Crippen molar-refractivity contribution in [2.75, 3.05) is 5.32 Å². The van der Waals surface area contributed by atoms with Crippen LogP contribution in [0, 0.1) is 23.2 Å². The molecule has 2 N–H and O–H groups in total.